The Balaban J connectivity index is 2.99. The summed E-state index contributed by atoms with van der Waals surface area (Å²) in [5, 5.41) is 9.04. The molecule has 1 fully saturated rings. The Hall–Kier alpha value is -1.40. The monoisotopic (exact) mass is 265 g/mol. The predicted molar refractivity (Wildman–Crippen MR) is 58.5 cm³/mol. The zero-order chi connectivity index (χ0) is 14.4. The first-order valence-electron chi connectivity index (χ1n) is 5.49. The second-order valence-corrected chi connectivity index (χ2v) is 5.68. The van der Waals surface area contributed by atoms with Gasteiger partial charge in [-0.2, -0.15) is 0 Å². The molecule has 0 aromatic carbocycles. The van der Waals surface area contributed by atoms with E-state index in [1.165, 1.54) is 0 Å². The van der Waals surface area contributed by atoms with Crippen molar-refractivity contribution in [3.63, 3.8) is 0 Å². The normalized spacial score (nSPS) is 27.1. The molecule has 1 heterocycles. The van der Waals surface area contributed by atoms with Gasteiger partial charge in [-0.3, -0.25) is 4.90 Å². The summed E-state index contributed by atoms with van der Waals surface area (Å²) in [6.07, 6.45) is -1.95. The fourth-order valence-corrected chi connectivity index (χ4v) is 1.83. The van der Waals surface area contributed by atoms with E-state index in [4.69, 9.17) is 9.84 Å². The molecule has 1 saturated heterocycles. The van der Waals surface area contributed by atoms with Crippen LogP contribution in [0.2, 0.25) is 0 Å². The highest BCUT2D eigenvalue weighted by molar-refractivity contribution is 5.85. The topological polar surface area (TPSA) is 66.8 Å². The Bertz CT molecular complexity index is 378. The highest BCUT2D eigenvalue weighted by atomic mass is 19.3. The number of likely N-dealkylation sites (tertiary alicyclic amines) is 1. The molecule has 7 heteroatoms. The maximum atomic E-state index is 13.3. The number of rotatable bonds is 1. The van der Waals surface area contributed by atoms with Gasteiger partial charge in [0.2, 0.25) is 0 Å². The third-order valence-electron chi connectivity index (χ3n) is 2.66. The molecule has 104 valence electrons. The third-order valence-corrected chi connectivity index (χ3v) is 2.66. The van der Waals surface area contributed by atoms with E-state index < -0.39 is 42.1 Å². The van der Waals surface area contributed by atoms with Crippen LogP contribution >= 0.6 is 0 Å². The minimum absolute atomic E-state index is 0.584. The molecule has 1 rings (SSSR count). The summed E-state index contributed by atoms with van der Waals surface area (Å²) >= 11 is 0. The van der Waals surface area contributed by atoms with Crippen LogP contribution in [-0.2, 0) is 9.53 Å². The van der Waals surface area contributed by atoms with Gasteiger partial charge in [-0.1, -0.05) is 0 Å². The molecular weight excluding hydrogens is 248 g/mol. The number of hydrogen-bond donors (Lipinski definition) is 1. The minimum Gasteiger partial charge on any atom is -0.480 e. The number of alkyl halides is 2. The highest BCUT2D eigenvalue weighted by Gasteiger charge is 2.59. The standard InChI is InChI=1S/C11H17F2NO4/c1-9(2,3)18-8(17)14-6-11(12,13)5-10(14,4)7(15)16/h5-6H2,1-4H3,(H,15,16)/t10-/m1/s1. The molecule has 0 radical (unpaired) electrons. The van der Waals surface area contributed by atoms with E-state index in [9.17, 15) is 18.4 Å². The molecule has 1 amide bonds. The molecule has 1 atom stereocenters. The van der Waals surface area contributed by atoms with Gasteiger partial charge in [-0.05, 0) is 27.7 Å². The van der Waals surface area contributed by atoms with Crippen molar-refractivity contribution in [2.75, 3.05) is 6.54 Å². The van der Waals surface area contributed by atoms with Crippen LogP contribution in [0.4, 0.5) is 13.6 Å². The zero-order valence-electron chi connectivity index (χ0n) is 10.8. The zero-order valence-corrected chi connectivity index (χ0v) is 10.8. The Labute approximate surface area is 104 Å². The second kappa shape index (κ2) is 4.07. The average molecular weight is 265 g/mol. The number of hydrogen-bond acceptors (Lipinski definition) is 3. The van der Waals surface area contributed by atoms with Crippen LogP contribution in [0.3, 0.4) is 0 Å². The van der Waals surface area contributed by atoms with E-state index in [1.54, 1.807) is 20.8 Å². The third kappa shape index (κ3) is 2.88. The lowest BCUT2D eigenvalue weighted by Crippen LogP contribution is -2.52. The lowest BCUT2D eigenvalue weighted by atomic mass is 9.98. The summed E-state index contributed by atoms with van der Waals surface area (Å²) in [7, 11) is 0. The van der Waals surface area contributed by atoms with E-state index in [0.29, 0.717) is 4.90 Å². The van der Waals surface area contributed by atoms with Crippen molar-refractivity contribution in [3.05, 3.63) is 0 Å². The van der Waals surface area contributed by atoms with Gasteiger partial charge in [0.25, 0.3) is 5.92 Å². The van der Waals surface area contributed by atoms with E-state index in [0.717, 1.165) is 6.92 Å². The van der Waals surface area contributed by atoms with E-state index in [-0.39, 0.29) is 0 Å². The number of ether oxygens (including phenoxy) is 1. The summed E-state index contributed by atoms with van der Waals surface area (Å²) in [4.78, 5) is 23.5. The lowest BCUT2D eigenvalue weighted by Gasteiger charge is -2.32. The number of carbonyl (C=O) groups excluding carboxylic acids is 1. The van der Waals surface area contributed by atoms with Crippen molar-refractivity contribution in [1.82, 2.24) is 4.90 Å². The number of aliphatic carboxylic acids is 1. The maximum absolute atomic E-state index is 13.3. The summed E-state index contributed by atoms with van der Waals surface area (Å²) < 4.78 is 31.6. The van der Waals surface area contributed by atoms with Gasteiger partial charge in [0, 0.05) is 6.42 Å². The number of carboxylic acids is 1. The molecule has 0 aromatic heterocycles. The van der Waals surface area contributed by atoms with Crippen LogP contribution in [0.25, 0.3) is 0 Å². The Morgan fingerprint density at radius 1 is 1.33 bits per heavy atom. The molecule has 5 nitrogen and oxygen atoms in total. The number of halogens is 2. The molecule has 0 aromatic rings. The van der Waals surface area contributed by atoms with Gasteiger partial charge in [-0.15, -0.1) is 0 Å². The average Bonchev–Trinajstić information content (AvgIpc) is 2.34. The molecular formula is C11H17F2NO4. The molecule has 1 N–H and O–H groups in total. The van der Waals surface area contributed by atoms with Crippen LogP contribution in [-0.4, -0.2) is 45.7 Å². The summed E-state index contributed by atoms with van der Waals surface area (Å²) in [6, 6.07) is 0. The predicted octanol–water partition coefficient (Wildman–Crippen LogP) is 2.11. The summed E-state index contributed by atoms with van der Waals surface area (Å²) in [5.74, 6) is -4.69. The largest absolute Gasteiger partial charge is 0.480 e. The first-order valence-corrected chi connectivity index (χ1v) is 5.49. The fourth-order valence-electron chi connectivity index (χ4n) is 1.83. The van der Waals surface area contributed by atoms with Crippen molar-refractivity contribution >= 4 is 12.1 Å². The van der Waals surface area contributed by atoms with Crippen molar-refractivity contribution in [2.24, 2.45) is 0 Å². The molecule has 18 heavy (non-hydrogen) atoms. The van der Waals surface area contributed by atoms with Crippen LogP contribution in [0.15, 0.2) is 0 Å². The Morgan fingerprint density at radius 3 is 2.22 bits per heavy atom. The second-order valence-electron chi connectivity index (χ2n) is 5.68. The van der Waals surface area contributed by atoms with Gasteiger partial charge in [0.1, 0.15) is 11.1 Å². The summed E-state index contributed by atoms with van der Waals surface area (Å²) in [5.41, 5.74) is -2.81. The van der Waals surface area contributed by atoms with Crippen LogP contribution in [0.5, 0.6) is 0 Å². The van der Waals surface area contributed by atoms with Gasteiger partial charge in [-0.25, -0.2) is 18.4 Å². The number of carbonyl (C=O) groups is 2. The van der Waals surface area contributed by atoms with Gasteiger partial charge in [0.05, 0.1) is 6.54 Å². The maximum Gasteiger partial charge on any atom is 0.411 e. The SMILES string of the molecule is CC(C)(C)OC(=O)N1CC(F)(F)C[C@]1(C)C(=O)O. The molecule has 0 unspecified atom stereocenters. The molecule has 0 spiro atoms. The van der Waals surface area contributed by atoms with Crippen molar-refractivity contribution in [3.8, 4) is 0 Å². The van der Waals surface area contributed by atoms with Crippen molar-refractivity contribution in [1.29, 1.82) is 0 Å². The lowest BCUT2D eigenvalue weighted by molar-refractivity contribution is -0.148. The number of amides is 1. The molecule has 0 saturated carbocycles. The smallest absolute Gasteiger partial charge is 0.411 e. The van der Waals surface area contributed by atoms with E-state index in [2.05, 4.69) is 0 Å². The fraction of sp³-hybridized carbons (Fsp3) is 0.818. The molecule has 0 bridgehead atoms. The minimum atomic E-state index is -3.22. The highest BCUT2D eigenvalue weighted by Crippen LogP contribution is 2.40. The number of nitrogens with zero attached hydrogens (tertiary/aromatic N) is 1. The molecule has 0 aliphatic carbocycles. The van der Waals surface area contributed by atoms with Crippen LogP contribution in [0, 0.1) is 0 Å². The van der Waals surface area contributed by atoms with Gasteiger partial charge < -0.3 is 9.84 Å². The first-order chi connectivity index (χ1) is 7.87. The summed E-state index contributed by atoms with van der Waals surface area (Å²) in [6.45, 7) is 4.90. The van der Waals surface area contributed by atoms with Crippen molar-refractivity contribution in [2.45, 2.75) is 51.2 Å². The Morgan fingerprint density at radius 2 is 1.83 bits per heavy atom. The van der Waals surface area contributed by atoms with Gasteiger partial charge in [0.15, 0.2) is 0 Å². The quantitative estimate of drug-likeness (QED) is 0.788. The van der Waals surface area contributed by atoms with Crippen LogP contribution in [0.1, 0.15) is 34.1 Å². The van der Waals surface area contributed by atoms with Gasteiger partial charge >= 0.3 is 12.1 Å². The van der Waals surface area contributed by atoms with Crippen molar-refractivity contribution < 1.29 is 28.2 Å². The molecule has 1 aliphatic heterocycles. The van der Waals surface area contributed by atoms with E-state index in [1.807, 2.05) is 0 Å². The Kier molecular flexibility index (Phi) is 3.31. The molecule has 1 aliphatic rings. The first kappa shape index (κ1) is 14.7. The number of carboxylic acid groups (broad SMARTS) is 1. The van der Waals surface area contributed by atoms with E-state index >= 15 is 0 Å². The van der Waals surface area contributed by atoms with Crippen LogP contribution < -0.4 is 0 Å².